The Bertz CT molecular complexity index is 421. The van der Waals surface area contributed by atoms with E-state index >= 15 is 0 Å². The van der Waals surface area contributed by atoms with Crippen molar-refractivity contribution in [3.05, 3.63) is 24.3 Å². The highest BCUT2D eigenvalue weighted by Crippen LogP contribution is 2.11. The molecule has 6 heteroatoms. The molecule has 1 N–H and O–H groups in total. The molecule has 2 heterocycles. The molecule has 0 saturated carbocycles. The quantitative estimate of drug-likeness (QED) is 0.728. The fourth-order valence-electron chi connectivity index (χ4n) is 1.76. The van der Waals surface area contributed by atoms with Crippen molar-refractivity contribution >= 4 is 11.8 Å². The Kier molecular flexibility index (Phi) is 3.43. The molecule has 17 heavy (non-hydrogen) atoms. The van der Waals surface area contributed by atoms with Crippen LogP contribution in [0.4, 0.5) is 0 Å². The Hall–Kier alpha value is -1.82. The maximum Gasteiger partial charge on any atom is 0.246 e. The smallest absolute Gasteiger partial charge is 0.246 e. The summed E-state index contributed by atoms with van der Waals surface area (Å²) in [4.78, 5) is 32.1. The minimum atomic E-state index is -0.298. The number of likely N-dealkylation sites (tertiary alicyclic amines) is 1. The lowest BCUT2D eigenvalue weighted by Crippen LogP contribution is -2.51. The SMILES string of the molecule is CN1C(=O)CCC(NCc2ccncn2)C1=O. The van der Waals surface area contributed by atoms with Crippen LogP contribution >= 0.6 is 0 Å². The van der Waals surface area contributed by atoms with E-state index in [1.54, 1.807) is 12.3 Å². The van der Waals surface area contributed by atoms with Crippen LogP contribution in [0, 0.1) is 0 Å². The molecule has 0 aliphatic carbocycles. The molecule has 1 unspecified atom stereocenters. The zero-order valence-electron chi connectivity index (χ0n) is 9.59. The molecular formula is C11H14N4O2. The van der Waals surface area contributed by atoms with Crippen LogP contribution in [0.1, 0.15) is 18.5 Å². The van der Waals surface area contributed by atoms with Gasteiger partial charge >= 0.3 is 0 Å². The van der Waals surface area contributed by atoms with E-state index in [-0.39, 0.29) is 17.9 Å². The van der Waals surface area contributed by atoms with E-state index in [1.165, 1.54) is 18.3 Å². The van der Waals surface area contributed by atoms with Gasteiger partial charge in [0.2, 0.25) is 11.8 Å². The van der Waals surface area contributed by atoms with Gasteiger partial charge in [-0.15, -0.1) is 0 Å². The van der Waals surface area contributed by atoms with Crippen LogP contribution in [-0.4, -0.2) is 39.8 Å². The molecule has 1 aromatic rings. The summed E-state index contributed by atoms with van der Waals surface area (Å²) in [5.74, 6) is -0.287. The van der Waals surface area contributed by atoms with Gasteiger partial charge in [0.15, 0.2) is 0 Å². The van der Waals surface area contributed by atoms with Crippen molar-refractivity contribution in [2.75, 3.05) is 7.05 Å². The number of likely N-dealkylation sites (N-methyl/N-ethyl adjacent to an activating group) is 1. The van der Waals surface area contributed by atoms with Gasteiger partial charge in [0.05, 0.1) is 11.7 Å². The van der Waals surface area contributed by atoms with E-state index in [0.717, 1.165) is 5.69 Å². The third kappa shape index (κ3) is 2.65. The van der Waals surface area contributed by atoms with Gasteiger partial charge in [-0.3, -0.25) is 14.5 Å². The van der Waals surface area contributed by atoms with Crippen LogP contribution in [-0.2, 0) is 16.1 Å². The average molecular weight is 234 g/mol. The summed E-state index contributed by atoms with van der Waals surface area (Å²) in [5.41, 5.74) is 0.826. The van der Waals surface area contributed by atoms with E-state index < -0.39 is 0 Å². The van der Waals surface area contributed by atoms with Crippen LogP contribution in [0.2, 0.25) is 0 Å². The summed E-state index contributed by atoms with van der Waals surface area (Å²) in [6.45, 7) is 0.501. The van der Waals surface area contributed by atoms with Crippen LogP contribution < -0.4 is 5.32 Å². The number of hydrogen-bond donors (Lipinski definition) is 1. The molecule has 1 fully saturated rings. The molecule has 1 atom stereocenters. The van der Waals surface area contributed by atoms with Crippen LogP contribution in [0.25, 0.3) is 0 Å². The second-order valence-electron chi connectivity index (χ2n) is 3.96. The van der Waals surface area contributed by atoms with Gasteiger partial charge < -0.3 is 5.32 Å². The normalized spacial score (nSPS) is 20.8. The number of piperidine rings is 1. The van der Waals surface area contributed by atoms with Crippen LogP contribution in [0.15, 0.2) is 18.6 Å². The fourth-order valence-corrected chi connectivity index (χ4v) is 1.76. The van der Waals surface area contributed by atoms with E-state index in [1.807, 2.05) is 0 Å². The molecule has 6 nitrogen and oxygen atoms in total. The highest BCUT2D eigenvalue weighted by atomic mass is 16.2. The maximum atomic E-state index is 11.8. The Balaban J connectivity index is 1.92. The number of nitrogens with zero attached hydrogens (tertiary/aromatic N) is 3. The van der Waals surface area contributed by atoms with Gasteiger partial charge in [-0.05, 0) is 12.5 Å². The molecular weight excluding hydrogens is 220 g/mol. The van der Waals surface area contributed by atoms with Crippen molar-refractivity contribution < 1.29 is 9.59 Å². The molecule has 2 amide bonds. The van der Waals surface area contributed by atoms with Crippen molar-refractivity contribution in [1.29, 1.82) is 0 Å². The highest BCUT2D eigenvalue weighted by molar-refractivity contribution is 6.00. The Morgan fingerprint density at radius 2 is 2.35 bits per heavy atom. The van der Waals surface area contributed by atoms with E-state index in [2.05, 4.69) is 15.3 Å². The van der Waals surface area contributed by atoms with E-state index in [9.17, 15) is 9.59 Å². The number of nitrogens with one attached hydrogen (secondary N) is 1. The van der Waals surface area contributed by atoms with E-state index in [4.69, 9.17) is 0 Å². The van der Waals surface area contributed by atoms with Gasteiger partial charge in [-0.25, -0.2) is 9.97 Å². The van der Waals surface area contributed by atoms with Crippen molar-refractivity contribution in [3.63, 3.8) is 0 Å². The second-order valence-corrected chi connectivity index (χ2v) is 3.96. The van der Waals surface area contributed by atoms with Crippen molar-refractivity contribution in [2.45, 2.75) is 25.4 Å². The van der Waals surface area contributed by atoms with Gasteiger partial charge in [-0.2, -0.15) is 0 Å². The molecule has 2 rings (SSSR count). The Morgan fingerprint density at radius 3 is 3.06 bits per heavy atom. The molecule has 0 bridgehead atoms. The lowest BCUT2D eigenvalue weighted by atomic mass is 10.0. The lowest BCUT2D eigenvalue weighted by molar-refractivity contribution is -0.148. The zero-order chi connectivity index (χ0) is 12.3. The summed E-state index contributed by atoms with van der Waals surface area (Å²) in [6.07, 6.45) is 4.08. The zero-order valence-corrected chi connectivity index (χ0v) is 9.59. The molecule has 0 spiro atoms. The third-order valence-electron chi connectivity index (χ3n) is 2.82. The molecule has 0 aromatic carbocycles. The standard InChI is InChI=1S/C11H14N4O2/c1-15-10(16)3-2-9(11(15)17)13-6-8-4-5-12-7-14-8/h4-5,7,9,13H,2-3,6H2,1H3. The Morgan fingerprint density at radius 1 is 1.53 bits per heavy atom. The van der Waals surface area contributed by atoms with Gasteiger partial charge in [0, 0.05) is 26.2 Å². The highest BCUT2D eigenvalue weighted by Gasteiger charge is 2.31. The predicted molar refractivity (Wildman–Crippen MR) is 59.7 cm³/mol. The minimum absolute atomic E-state index is 0.116. The molecule has 1 aromatic heterocycles. The predicted octanol–water partition coefficient (Wildman–Crippen LogP) is -0.286. The maximum absolute atomic E-state index is 11.8. The number of carbonyl (C=O) groups is 2. The van der Waals surface area contributed by atoms with Crippen molar-refractivity contribution in [2.24, 2.45) is 0 Å². The minimum Gasteiger partial charge on any atom is -0.300 e. The number of imide groups is 1. The summed E-state index contributed by atoms with van der Waals surface area (Å²) in [5, 5.41) is 3.10. The molecule has 1 saturated heterocycles. The summed E-state index contributed by atoms with van der Waals surface area (Å²) >= 11 is 0. The lowest BCUT2D eigenvalue weighted by Gasteiger charge is -2.28. The number of carbonyl (C=O) groups excluding carboxylic acids is 2. The first-order chi connectivity index (χ1) is 8.18. The van der Waals surface area contributed by atoms with E-state index in [0.29, 0.717) is 19.4 Å². The molecule has 90 valence electrons. The first-order valence-corrected chi connectivity index (χ1v) is 5.47. The summed E-state index contributed by atoms with van der Waals surface area (Å²) < 4.78 is 0. The number of aromatic nitrogens is 2. The van der Waals surface area contributed by atoms with Gasteiger partial charge in [-0.1, -0.05) is 0 Å². The number of hydrogen-bond acceptors (Lipinski definition) is 5. The number of amides is 2. The van der Waals surface area contributed by atoms with Gasteiger partial charge in [0.25, 0.3) is 0 Å². The average Bonchev–Trinajstić information content (AvgIpc) is 2.36. The Labute approximate surface area is 99.1 Å². The number of rotatable bonds is 3. The molecule has 1 aliphatic rings. The first kappa shape index (κ1) is 11.7. The third-order valence-corrected chi connectivity index (χ3v) is 2.82. The van der Waals surface area contributed by atoms with Crippen LogP contribution in [0.5, 0.6) is 0 Å². The van der Waals surface area contributed by atoms with Crippen molar-refractivity contribution in [1.82, 2.24) is 20.2 Å². The largest absolute Gasteiger partial charge is 0.300 e. The molecule has 0 radical (unpaired) electrons. The summed E-state index contributed by atoms with van der Waals surface area (Å²) in [6, 6.07) is 1.49. The second kappa shape index (κ2) is 5.01. The monoisotopic (exact) mass is 234 g/mol. The van der Waals surface area contributed by atoms with Gasteiger partial charge in [0.1, 0.15) is 6.33 Å². The fraction of sp³-hybridized carbons (Fsp3) is 0.455. The summed E-state index contributed by atoms with van der Waals surface area (Å²) in [7, 11) is 1.52. The van der Waals surface area contributed by atoms with Crippen LogP contribution in [0.3, 0.4) is 0 Å². The first-order valence-electron chi connectivity index (χ1n) is 5.47. The van der Waals surface area contributed by atoms with Crippen molar-refractivity contribution in [3.8, 4) is 0 Å². The topological polar surface area (TPSA) is 75.2 Å². The molecule has 1 aliphatic heterocycles.